The van der Waals surface area contributed by atoms with E-state index in [4.69, 9.17) is 28.1 Å². The van der Waals surface area contributed by atoms with Crippen LogP contribution in [0.25, 0.3) is 22.1 Å². The molecule has 2 saturated heterocycles. The van der Waals surface area contributed by atoms with Crippen molar-refractivity contribution in [2.75, 3.05) is 20.3 Å². The van der Waals surface area contributed by atoms with Gasteiger partial charge in [0, 0.05) is 23.8 Å². The number of fused-ring (bicyclic) bond motifs is 1. The predicted molar refractivity (Wildman–Crippen MR) is 139 cm³/mol. The van der Waals surface area contributed by atoms with Crippen molar-refractivity contribution < 1.29 is 69.0 Å². The molecule has 2 aliphatic heterocycles. The maximum atomic E-state index is 12.4. The number of aliphatic hydroxyl groups is 6. The first-order valence-electron chi connectivity index (χ1n) is 12.8. The van der Waals surface area contributed by atoms with E-state index in [1.807, 2.05) is 0 Å². The lowest BCUT2D eigenvalue weighted by molar-refractivity contribution is -0.307. The molecule has 0 amide bonds. The number of ether oxygens (including phenoxy) is 5. The van der Waals surface area contributed by atoms with Crippen LogP contribution in [-0.4, -0.2) is 116 Å². The highest BCUT2D eigenvalue weighted by Crippen LogP contribution is 2.41. The largest absolute Gasteiger partial charge is 0.504 e. The molecule has 0 saturated carbocycles. The Morgan fingerprint density at radius 2 is 1.60 bits per heavy atom. The lowest BCUT2D eigenvalue weighted by Gasteiger charge is -2.41. The van der Waals surface area contributed by atoms with Gasteiger partial charge in [-0.05, 0) is 17.7 Å². The van der Waals surface area contributed by atoms with Crippen molar-refractivity contribution in [2.45, 2.75) is 55.3 Å². The van der Waals surface area contributed by atoms with E-state index in [0.717, 1.165) is 6.07 Å². The number of hydrogen-bond acceptors (Lipinski definition) is 15. The average Bonchev–Trinajstić information content (AvgIpc) is 2.97. The van der Waals surface area contributed by atoms with E-state index in [-0.39, 0.29) is 40.4 Å². The molecule has 3 aromatic rings. The van der Waals surface area contributed by atoms with E-state index in [0.29, 0.717) is 5.56 Å². The van der Waals surface area contributed by atoms with Gasteiger partial charge in [0.05, 0.1) is 25.7 Å². The van der Waals surface area contributed by atoms with E-state index in [9.17, 15) is 45.6 Å². The summed E-state index contributed by atoms with van der Waals surface area (Å²) in [7, 11) is 1.35. The first kappa shape index (κ1) is 30.0. The van der Waals surface area contributed by atoms with Crippen LogP contribution in [0, 0.1) is 0 Å². The first-order chi connectivity index (χ1) is 20.0. The van der Waals surface area contributed by atoms with Gasteiger partial charge >= 0.3 is 5.63 Å². The molecule has 0 spiro atoms. The molecule has 15 heteroatoms. The Balaban J connectivity index is 1.47. The summed E-state index contributed by atoms with van der Waals surface area (Å²) >= 11 is 0. The minimum absolute atomic E-state index is 0.00522. The van der Waals surface area contributed by atoms with Gasteiger partial charge in [0.1, 0.15) is 59.8 Å². The Hall–Kier alpha value is -3.51. The molecule has 0 unspecified atom stereocenters. The number of rotatable bonds is 7. The van der Waals surface area contributed by atoms with Crippen LogP contribution in [0.15, 0.2) is 45.6 Å². The molecule has 9 atom stereocenters. The summed E-state index contributed by atoms with van der Waals surface area (Å²) in [6, 6.07) is 7.80. The molecule has 1 aromatic heterocycles. The molecule has 0 radical (unpaired) electrons. The summed E-state index contributed by atoms with van der Waals surface area (Å²) < 4.78 is 32.9. The lowest BCUT2D eigenvalue weighted by atomic mass is 9.98. The van der Waals surface area contributed by atoms with Gasteiger partial charge in [-0.25, -0.2) is 4.79 Å². The van der Waals surface area contributed by atoms with Gasteiger partial charge in [-0.15, -0.1) is 0 Å². The van der Waals surface area contributed by atoms with Crippen LogP contribution in [0.4, 0.5) is 0 Å². The Morgan fingerprint density at radius 1 is 0.857 bits per heavy atom. The third-order valence-corrected chi connectivity index (χ3v) is 7.09. The van der Waals surface area contributed by atoms with Crippen LogP contribution in [0.2, 0.25) is 0 Å². The van der Waals surface area contributed by atoms with Gasteiger partial charge in [-0.2, -0.15) is 0 Å². The van der Waals surface area contributed by atoms with Crippen molar-refractivity contribution in [2.24, 2.45) is 0 Å². The summed E-state index contributed by atoms with van der Waals surface area (Å²) in [5.41, 5.74) is -0.249. The first-order valence-corrected chi connectivity index (χ1v) is 12.8. The highest BCUT2D eigenvalue weighted by molar-refractivity contribution is 5.98. The fourth-order valence-electron chi connectivity index (χ4n) is 4.76. The van der Waals surface area contributed by atoms with Crippen molar-refractivity contribution in [1.82, 2.24) is 0 Å². The predicted octanol–water partition coefficient (Wildman–Crippen LogP) is -1.48. The second-order valence-corrected chi connectivity index (χ2v) is 9.90. The highest BCUT2D eigenvalue weighted by Gasteiger charge is 2.46. The number of aromatic hydroxyl groups is 2. The van der Waals surface area contributed by atoms with Gasteiger partial charge in [0.2, 0.25) is 6.29 Å². The second-order valence-electron chi connectivity index (χ2n) is 9.90. The van der Waals surface area contributed by atoms with Crippen LogP contribution in [0.5, 0.6) is 23.0 Å². The second kappa shape index (κ2) is 12.0. The summed E-state index contributed by atoms with van der Waals surface area (Å²) in [5, 5.41) is 81.4. The monoisotopic (exact) mass is 594 g/mol. The zero-order valence-corrected chi connectivity index (χ0v) is 22.0. The summed E-state index contributed by atoms with van der Waals surface area (Å²) in [6.07, 6.45) is -14.1. The lowest BCUT2D eigenvalue weighted by Crippen LogP contribution is -2.61. The smallest absolute Gasteiger partial charge is 0.336 e. The van der Waals surface area contributed by atoms with E-state index in [2.05, 4.69) is 0 Å². The van der Waals surface area contributed by atoms with Crippen molar-refractivity contribution >= 4 is 11.0 Å². The maximum Gasteiger partial charge on any atom is 0.336 e. The van der Waals surface area contributed by atoms with E-state index in [1.54, 1.807) is 0 Å². The van der Waals surface area contributed by atoms with Crippen LogP contribution in [0.3, 0.4) is 0 Å². The molecule has 0 bridgehead atoms. The minimum Gasteiger partial charge on any atom is -0.504 e. The van der Waals surface area contributed by atoms with Crippen molar-refractivity contribution in [3.63, 3.8) is 0 Å². The number of aliphatic hydroxyl groups excluding tert-OH is 6. The maximum absolute atomic E-state index is 12.4. The number of phenols is 2. The van der Waals surface area contributed by atoms with Crippen LogP contribution in [-0.2, 0) is 14.2 Å². The van der Waals surface area contributed by atoms with Crippen LogP contribution >= 0.6 is 0 Å². The number of methoxy groups -OCH3 is 1. The van der Waals surface area contributed by atoms with Gasteiger partial charge in [-0.1, -0.05) is 6.07 Å². The normalized spacial score (nSPS) is 31.6. The molecule has 42 heavy (non-hydrogen) atoms. The molecular weight excluding hydrogens is 564 g/mol. The molecule has 5 rings (SSSR count). The summed E-state index contributed by atoms with van der Waals surface area (Å²) in [5.74, 6) is -0.710. The topological polar surface area (TPSA) is 238 Å². The van der Waals surface area contributed by atoms with Crippen molar-refractivity contribution in [3.05, 3.63) is 46.8 Å². The Morgan fingerprint density at radius 3 is 2.31 bits per heavy atom. The Bertz CT molecular complexity index is 1470. The molecule has 2 aliphatic rings. The van der Waals surface area contributed by atoms with Gasteiger partial charge < -0.3 is 69.0 Å². The van der Waals surface area contributed by atoms with Crippen molar-refractivity contribution in [3.8, 4) is 34.1 Å². The summed E-state index contributed by atoms with van der Waals surface area (Å²) in [4.78, 5) is 12.4. The molecule has 2 fully saturated rings. The van der Waals surface area contributed by atoms with Crippen LogP contribution in [0.1, 0.15) is 0 Å². The highest BCUT2D eigenvalue weighted by atomic mass is 16.7. The van der Waals surface area contributed by atoms with Crippen molar-refractivity contribution in [1.29, 1.82) is 0 Å². The summed E-state index contributed by atoms with van der Waals surface area (Å²) in [6.45, 7) is -0.828. The standard InChI is InChI=1S/C27H30O15/c1-37-11-5-16-20(12(7-19(31)40-16)10-2-3-13(28)14(29)4-10)17(6-11)41-27-25(36)23(34)22(33)18(42-27)9-39-26-24(35)21(32)15(30)8-38-26/h2-7,15,18,21-30,32-36H,8-9H2,1H3/t15-,18-,21+,22-,23+,24-,25-,26-,27+/m1/s1. The molecule has 0 aliphatic carbocycles. The Kier molecular flexibility index (Phi) is 8.56. The van der Waals surface area contributed by atoms with E-state index >= 15 is 0 Å². The molecule has 2 aromatic carbocycles. The fraction of sp³-hybridized carbons (Fsp3) is 0.444. The van der Waals surface area contributed by atoms with Gasteiger partial charge in [0.25, 0.3) is 0 Å². The molecular formula is C27H30O15. The van der Waals surface area contributed by atoms with Crippen LogP contribution < -0.4 is 15.1 Å². The number of phenolic OH excluding ortho intramolecular Hbond substituents is 2. The molecule has 8 N–H and O–H groups in total. The van der Waals surface area contributed by atoms with Gasteiger partial charge in [-0.3, -0.25) is 0 Å². The van der Waals surface area contributed by atoms with Gasteiger partial charge in [0.15, 0.2) is 17.8 Å². The SMILES string of the molecule is COc1cc(O[C@H]2O[C@H](CO[C@H]3OC[C@@H](O)[C@H](O)[C@H]3O)[C@@H](O)[C@H](O)[C@H]2O)c2c(-c3ccc(O)c(O)c3)cc(=O)oc2c1. The number of benzene rings is 2. The zero-order valence-electron chi connectivity index (χ0n) is 22.0. The quantitative estimate of drug-likeness (QED) is 0.115. The molecule has 3 heterocycles. The third kappa shape index (κ3) is 5.74. The third-order valence-electron chi connectivity index (χ3n) is 7.09. The number of hydrogen-bond donors (Lipinski definition) is 8. The zero-order chi connectivity index (χ0) is 30.3. The molecule has 228 valence electrons. The van der Waals surface area contributed by atoms with E-state index < -0.39 is 73.3 Å². The fourth-order valence-corrected chi connectivity index (χ4v) is 4.76. The molecule has 15 nitrogen and oxygen atoms in total. The average molecular weight is 595 g/mol. The minimum atomic E-state index is -1.79. The Labute approximate surface area is 236 Å². The van der Waals surface area contributed by atoms with E-state index in [1.165, 1.54) is 37.4 Å².